The van der Waals surface area contributed by atoms with E-state index in [-0.39, 0.29) is 23.1 Å². The number of nitrogen functional groups attached to an aromatic ring is 1. The fraction of sp³-hybridized carbons (Fsp3) is 0.174. The predicted octanol–water partition coefficient (Wildman–Crippen LogP) is 3.39. The molecule has 158 valence electrons. The Morgan fingerprint density at radius 3 is 2.74 bits per heavy atom. The van der Waals surface area contributed by atoms with Crippen LogP contribution in [0.5, 0.6) is 5.75 Å². The first-order valence-corrected chi connectivity index (χ1v) is 9.69. The number of carbonyl (C=O) groups is 1. The molecule has 0 unspecified atom stereocenters. The summed E-state index contributed by atoms with van der Waals surface area (Å²) in [5.74, 6) is 0.0536. The van der Waals surface area contributed by atoms with Crippen molar-refractivity contribution in [3.63, 3.8) is 0 Å². The monoisotopic (exact) mass is 419 g/mol. The van der Waals surface area contributed by atoms with Gasteiger partial charge in [0.15, 0.2) is 0 Å². The summed E-state index contributed by atoms with van der Waals surface area (Å²) >= 11 is 0. The minimum absolute atomic E-state index is 0.196. The molecule has 8 heteroatoms. The maximum atomic E-state index is 13.2. The minimum Gasteiger partial charge on any atom is -0.489 e. The van der Waals surface area contributed by atoms with Gasteiger partial charge in [0, 0.05) is 6.54 Å². The number of anilines is 1. The molecule has 0 bridgehead atoms. The highest BCUT2D eigenvalue weighted by molar-refractivity contribution is 5.96. The molecule has 0 saturated heterocycles. The molecule has 3 aromatic rings. The molecule has 0 saturated carbocycles. The van der Waals surface area contributed by atoms with Crippen LogP contribution in [0.1, 0.15) is 28.0 Å². The number of nitrogens with two attached hydrogens (primary N) is 1. The van der Waals surface area contributed by atoms with Crippen LogP contribution >= 0.6 is 0 Å². The van der Waals surface area contributed by atoms with Crippen molar-refractivity contribution in [3.05, 3.63) is 83.8 Å². The summed E-state index contributed by atoms with van der Waals surface area (Å²) < 4.78 is 20.1. The molecule has 31 heavy (non-hydrogen) atoms. The van der Waals surface area contributed by atoms with E-state index in [0.29, 0.717) is 48.7 Å². The molecule has 0 radical (unpaired) electrons. The molecule has 1 heterocycles. The number of halogens is 1. The number of aromatic nitrogens is 2. The van der Waals surface area contributed by atoms with Gasteiger partial charge in [-0.25, -0.2) is 9.07 Å². The quantitative estimate of drug-likeness (QED) is 0.408. The molecule has 0 aliphatic carbocycles. The van der Waals surface area contributed by atoms with Crippen molar-refractivity contribution in [2.75, 3.05) is 18.9 Å². The van der Waals surface area contributed by atoms with Crippen molar-refractivity contribution < 1.29 is 13.9 Å². The standard InChI is InChI=1S/C23H22FN5O2/c1-2-14-31-21-8-4-3-6-18(21)23(30)27-13-5-7-20-19(15-25)22(26)29(28-20)17-11-9-16(24)10-12-17/h2-4,6,8-12H,1,5,7,13-14,26H2,(H,27,30). The van der Waals surface area contributed by atoms with Crippen molar-refractivity contribution in [1.29, 1.82) is 5.26 Å². The lowest BCUT2D eigenvalue weighted by Crippen LogP contribution is -2.25. The number of para-hydroxylation sites is 1. The number of rotatable bonds is 9. The second-order valence-corrected chi connectivity index (χ2v) is 6.66. The van der Waals surface area contributed by atoms with E-state index >= 15 is 0 Å². The van der Waals surface area contributed by atoms with Gasteiger partial charge in [-0.1, -0.05) is 24.8 Å². The van der Waals surface area contributed by atoms with E-state index in [0.717, 1.165) is 0 Å². The highest BCUT2D eigenvalue weighted by atomic mass is 19.1. The number of hydrogen-bond donors (Lipinski definition) is 2. The van der Waals surface area contributed by atoms with E-state index in [1.165, 1.54) is 28.9 Å². The molecule has 0 fully saturated rings. The van der Waals surface area contributed by atoms with Gasteiger partial charge in [-0.2, -0.15) is 10.4 Å². The maximum absolute atomic E-state index is 13.2. The largest absolute Gasteiger partial charge is 0.489 e. The SMILES string of the molecule is C=CCOc1ccccc1C(=O)NCCCc1nn(-c2ccc(F)cc2)c(N)c1C#N. The van der Waals surface area contributed by atoms with Crippen molar-refractivity contribution in [2.24, 2.45) is 0 Å². The molecule has 2 aromatic carbocycles. The maximum Gasteiger partial charge on any atom is 0.255 e. The van der Waals surface area contributed by atoms with Gasteiger partial charge < -0.3 is 15.8 Å². The smallest absolute Gasteiger partial charge is 0.255 e. The van der Waals surface area contributed by atoms with Crippen LogP contribution in [-0.4, -0.2) is 28.8 Å². The lowest BCUT2D eigenvalue weighted by atomic mass is 10.1. The second-order valence-electron chi connectivity index (χ2n) is 6.66. The third-order valence-corrected chi connectivity index (χ3v) is 4.54. The number of benzene rings is 2. The summed E-state index contributed by atoms with van der Waals surface area (Å²) in [6.45, 7) is 4.29. The molecule has 1 aromatic heterocycles. The average molecular weight is 419 g/mol. The number of carbonyl (C=O) groups excluding carboxylic acids is 1. The molecular formula is C23H22FN5O2. The molecule has 0 aliphatic heterocycles. The average Bonchev–Trinajstić information content (AvgIpc) is 3.11. The lowest BCUT2D eigenvalue weighted by Gasteiger charge is -2.10. The van der Waals surface area contributed by atoms with Crippen LogP contribution in [0, 0.1) is 17.1 Å². The Hall–Kier alpha value is -4.12. The summed E-state index contributed by atoms with van der Waals surface area (Å²) in [7, 11) is 0. The molecule has 3 rings (SSSR count). The van der Waals surface area contributed by atoms with Crippen molar-refractivity contribution in [2.45, 2.75) is 12.8 Å². The number of aryl methyl sites for hydroxylation is 1. The number of ether oxygens (including phenoxy) is 1. The van der Waals surface area contributed by atoms with Gasteiger partial charge in [0.1, 0.15) is 35.6 Å². The predicted molar refractivity (Wildman–Crippen MR) is 115 cm³/mol. The van der Waals surface area contributed by atoms with Gasteiger partial charge in [0.2, 0.25) is 0 Å². The van der Waals surface area contributed by atoms with Crippen molar-refractivity contribution in [1.82, 2.24) is 15.1 Å². The summed E-state index contributed by atoms with van der Waals surface area (Å²) in [5, 5.41) is 16.7. The zero-order valence-electron chi connectivity index (χ0n) is 16.8. The van der Waals surface area contributed by atoms with E-state index in [4.69, 9.17) is 10.5 Å². The first kappa shape index (κ1) is 21.6. The van der Waals surface area contributed by atoms with Crippen LogP contribution in [-0.2, 0) is 6.42 Å². The first-order chi connectivity index (χ1) is 15.0. The van der Waals surface area contributed by atoms with E-state index in [1.807, 2.05) is 0 Å². The summed E-state index contributed by atoms with van der Waals surface area (Å²) in [4.78, 5) is 12.5. The fourth-order valence-electron chi connectivity index (χ4n) is 3.04. The summed E-state index contributed by atoms with van der Waals surface area (Å²) in [5.41, 5.74) is 7.86. The Balaban J connectivity index is 1.63. The van der Waals surface area contributed by atoms with Crippen LogP contribution in [0.3, 0.4) is 0 Å². The highest BCUT2D eigenvalue weighted by Crippen LogP contribution is 2.22. The second kappa shape index (κ2) is 10.1. The zero-order valence-corrected chi connectivity index (χ0v) is 16.8. The molecule has 0 atom stereocenters. The molecule has 3 N–H and O–H groups in total. The van der Waals surface area contributed by atoms with E-state index in [9.17, 15) is 14.4 Å². The summed E-state index contributed by atoms with van der Waals surface area (Å²) in [6.07, 6.45) is 2.60. The molecule has 1 amide bonds. The van der Waals surface area contributed by atoms with Gasteiger partial charge >= 0.3 is 0 Å². The minimum atomic E-state index is -0.373. The summed E-state index contributed by atoms with van der Waals surface area (Å²) in [6, 6.07) is 14.7. The van der Waals surface area contributed by atoms with E-state index in [1.54, 1.807) is 30.3 Å². The van der Waals surface area contributed by atoms with Crippen LogP contribution in [0.2, 0.25) is 0 Å². The van der Waals surface area contributed by atoms with Crippen LogP contribution in [0.25, 0.3) is 5.69 Å². The Bertz CT molecular complexity index is 1120. The molecular weight excluding hydrogens is 397 g/mol. The van der Waals surface area contributed by atoms with Gasteiger partial charge in [0.25, 0.3) is 5.91 Å². The number of amides is 1. The number of nitriles is 1. The van der Waals surface area contributed by atoms with Gasteiger partial charge in [-0.15, -0.1) is 0 Å². The molecule has 7 nitrogen and oxygen atoms in total. The molecule has 0 aliphatic rings. The Kier molecular flexibility index (Phi) is 7.01. The van der Waals surface area contributed by atoms with Gasteiger partial charge in [-0.3, -0.25) is 4.79 Å². The zero-order chi connectivity index (χ0) is 22.2. The number of nitrogens with zero attached hydrogens (tertiary/aromatic N) is 3. The topological polar surface area (TPSA) is 106 Å². The van der Waals surface area contributed by atoms with E-state index in [2.05, 4.69) is 23.1 Å². The van der Waals surface area contributed by atoms with Crippen molar-refractivity contribution >= 4 is 11.7 Å². The third-order valence-electron chi connectivity index (χ3n) is 4.54. The lowest BCUT2D eigenvalue weighted by molar-refractivity contribution is 0.0949. The van der Waals surface area contributed by atoms with Crippen LogP contribution < -0.4 is 15.8 Å². The normalized spacial score (nSPS) is 10.3. The first-order valence-electron chi connectivity index (χ1n) is 9.69. The Labute approximate surface area is 179 Å². The van der Waals surface area contributed by atoms with Crippen LogP contribution in [0.4, 0.5) is 10.2 Å². The van der Waals surface area contributed by atoms with Gasteiger partial charge in [-0.05, 0) is 49.2 Å². The van der Waals surface area contributed by atoms with Crippen molar-refractivity contribution in [3.8, 4) is 17.5 Å². The van der Waals surface area contributed by atoms with E-state index < -0.39 is 0 Å². The highest BCUT2D eigenvalue weighted by Gasteiger charge is 2.17. The van der Waals surface area contributed by atoms with Crippen LogP contribution in [0.15, 0.2) is 61.2 Å². The van der Waals surface area contributed by atoms with Gasteiger partial charge in [0.05, 0.1) is 16.9 Å². The Morgan fingerprint density at radius 2 is 2.03 bits per heavy atom. The number of nitrogens with one attached hydrogen (secondary N) is 1. The third kappa shape index (κ3) is 5.08. The fourth-order valence-corrected chi connectivity index (χ4v) is 3.04. The Morgan fingerprint density at radius 1 is 1.29 bits per heavy atom. The number of hydrogen-bond acceptors (Lipinski definition) is 5. The molecule has 0 spiro atoms.